The lowest BCUT2D eigenvalue weighted by atomic mass is 9.85. The van der Waals surface area contributed by atoms with Gasteiger partial charge in [0.2, 0.25) is 0 Å². The van der Waals surface area contributed by atoms with Crippen molar-refractivity contribution in [2.24, 2.45) is 0 Å². The van der Waals surface area contributed by atoms with Crippen LogP contribution in [-0.2, 0) is 9.59 Å². The van der Waals surface area contributed by atoms with E-state index in [4.69, 9.17) is 0 Å². The summed E-state index contributed by atoms with van der Waals surface area (Å²) >= 11 is 0. The van der Waals surface area contributed by atoms with Crippen molar-refractivity contribution in [2.45, 2.75) is 42.2 Å². The van der Waals surface area contributed by atoms with E-state index >= 15 is 0 Å². The van der Waals surface area contributed by atoms with E-state index in [9.17, 15) is 29.7 Å². The summed E-state index contributed by atoms with van der Waals surface area (Å²) in [5, 5.41) is 31.4. The first-order valence-electron chi connectivity index (χ1n) is 14.5. The van der Waals surface area contributed by atoms with E-state index in [0.29, 0.717) is 5.56 Å². The van der Waals surface area contributed by atoms with Gasteiger partial charge in [-0.15, -0.1) is 0 Å². The molecule has 0 bridgehead atoms. The molecular weight excluding hydrogens is 556 g/mol. The summed E-state index contributed by atoms with van der Waals surface area (Å²) < 4.78 is 0. The quantitative estimate of drug-likeness (QED) is 0.295. The van der Waals surface area contributed by atoms with Gasteiger partial charge in [-0.3, -0.25) is 14.4 Å². The minimum atomic E-state index is -1.19. The monoisotopic (exact) mass is 592 g/mol. The number of Topliss-reactive ketones (excluding diaryl/α,β-unsaturated/α-hetero) is 1. The van der Waals surface area contributed by atoms with Crippen LogP contribution in [0.4, 0.5) is 0 Å². The van der Waals surface area contributed by atoms with Gasteiger partial charge in [0, 0.05) is 31.5 Å². The second-order valence-electron chi connectivity index (χ2n) is 11.2. The van der Waals surface area contributed by atoms with Gasteiger partial charge in [0.25, 0.3) is 11.8 Å². The molecule has 2 aliphatic heterocycles. The van der Waals surface area contributed by atoms with Crippen molar-refractivity contribution in [3.63, 3.8) is 0 Å². The fraction of sp³-hybridized carbons (Fsp3) is 0.250. The van der Waals surface area contributed by atoms with E-state index in [1.807, 2.05) is 97.1 Å². The molecule has 0 spiro atoms. The summed E-state index contributed by atoms with van der Waals surface area (Å²) in [6, 6.07) is 35.6. The Morgan fingerprint density at radius 2 is 1.02 bits per heavy atom. The standard InChI is InChI=1S/C18H19NO3.C18H17NO3/c2*1-19-15(16(20)13-10-6-3-7-11-13)14(17(21)18(19)22)12-8-4-2-5-9-12/h2-11,14-17,20-21H,1H3;2-11,14-15,17,21H,1H3/t;14?,15?,17-/m.0/s1. The Kier molecular flexibility index (Phi) is 9.35. The molecule has 8 heteroatoms. The molecule has 2 amide bonds. The molecule has 2 saturated heterocycles. The van der Waals surface area contributed by atoms with Crippen LogP contribution in [0.1, 0.15) is 45.0 Å². The zero-order chi connectivity index (χ0) is 31.4. The molecule has 0 aliphatic carbocycles. The van der Waals surface area contributed by atoms with Gasteiger partial charge in [-0.1, -0.05) is 121 Å². The Bertz CT molecular complexity index is 1570. The summed E-state index contributed by atoms with van der Waals surface area (Å²) in [7, 11) is 3.20. The number of ketones is 1. The summed E-state index contributed by atoms with van der Waals surface area (Å²) in [4.78, 5) is 40.0. The third-order valence-electron chi connectivity index (χ3n) is 8.61. The first-order valence-corrected chi connectivity index (χ1v) is 14.5. The smallest absolute Gasteiger partial charge is 0.252 e. The second kappa shape index (κ2) is 13.3. The number of carbonyl (C=O) groups is 3. The minimum Gasteiger partial charge on any atom is -0.386 e. The molecule has 2 fully saturated rings. The van der Waals surface area contributed by atoms with Crippen LogP contribution in [0, 0.1) is 0 Å². The molecule has 0 aromatic heterocycles. The highest BCUT2D eigenvalue weighted by Gasteiger charge is 2.50. The molecule has 4 aromatic carbocycles. The van der Waals surface area contributed by atoms with Crippen molar-refractivity contribution in [2.75, 3.05) is 14.1 Å². The average molecular weight is 593 g/mol. The van der Waals surface area contributed by atoms with E-state index < -0.39 is 48.1 Å². The maximum atomic E-state index is 12.8. The molecule has 7 atom stereocenters. The van der Waals surface area contributed by atoms with Crippen LogP contribution in [0.2, 0.25) is 0 Å². The highest BCUT2D eigenvalue weighted by molar-refractivity contribution is 6.05. The predicted molar refractivity (Wildman–Crippen MR) is 166 cm³/mol. The molecule has 0 radical (unpaired) electrons. The summed E-state index contributed by atoms with van der Waals surface area (Å²) in [5.74, 6) is -1.92. The van der Waals surface area contributed by atoms with E-state index in [1.165, 1.54) is 9.80 Å². The maximum Gasteiger partial charge on any atom is 0.252 e. The first kappa shape index (κ1) is 30.8. The van der Waals surface area contributed by atoms with Crippen molar-refractivity contribution in [1.82, 2.24) is 9.80 Å². The molecule has 2 heterocycles. The third-order valence-corrected chi connectivity index (χ3v) is 8.61. The van der Waals surface area contributed by atoms with Gasteiger partial charge in [0.05, 0.1) is 6.04 Å². The lowest BCUT2D eigenvalue weighted by molar-refractivity contribution is -0.135. The van der Waals surface area contributed by atoms with Gasteiger partial charge in [-0.2, -0.15) is 0 Å². The Labute approximate surface area is 256 Å². The zero-order valence-electron chi connectivity index (χ0n) is 24.5. The highest BCUT2D eigenvalue weighted by atomic mass is 16.3. The van der Waals surface area contributed by atoms with Crippen LogP contribution in [0.15, 0.2) is 121 Å². The number of hydrogen-bond acceptors (Lipinski definition) is 6. The van der Waals surface area contributed by atoms with Gasteiger partial charge in [-0.25, -0.2) is 0 Å². The number of likely N-dealkylation sites (tertiary alicyclic amines) is 2. The lowest BCUT2D eigenvalue weighted by Crippen LogP contribution is -2.38. The van der Waals surface area contributed by atoms with Gasteiger partial charge in [-0.05, 0) is 16.7 Å². The van der Waals surface area contributed by atoms with Gasteiger partial charge in [0.15, 0.2) is 5.78 Å². The number of aliphatic hydroxyl groups is 3. The number of hydrogen-bond donors (Lipinski definition) is 3. The fourth-order valence-electron chi connectivity index (χ4n) is 6.31. The van der Waals surface area contributed by atoms with Gasteiger partial charge >= 0.3 is 0 Å². The van der Waals surface area contributed by atoms with Crippen LogP contribution >= 0.6 is 0 Å². The van der Waals surface area contributed by atoms with Crippen LogP contribution in [0.5, 0.6) is 0 Å². The van der Waals surface area contributed by atoms with Gasteiger partial charge < -0.3 is 25.1 Å². The number of nitrogens with zero attached hydrogens (tertiary/aromatic N) is 2. The molecule has 8 nitrogen and oxygen atoms in total. The number of aliphatic hydroxyl groups excluding tert-OH is 3. The fourth-order valence-corrected chi connectivity index (χ4v) is 6.31. The van der Waals surface area contributed by atoms with Crippen LogP contribution in [-0.4, -0.2) is 81.1 Å². The summed E-state index contributed by atoms with van der Waals surface area (Å²) in [5.41, 5.74) is 2.93. The number of likely N-dealkylation sites (N-methyl/N-ethyl adjacent to an activating group) is 2. The minimum absolute atomic E-state index is 0.151. The van der Waals surface area contributed by atoms with E-state index in [-0.39, 0.29) is 11.7 Å². The molecule has 226 valence electrons. The molecular formula is C36H36N2O6. The van der Waals surface area contributed by atoms with Crippen LogP contribution < -0.4 is 0 Å². The molecule has 2 aliphatic rings. The summed E-state index contributed by atoms with van der Waals surface area (Å²) in [6.45, 7) is 0. The van der Waals surface area contributed by atoms with Crippen molar-refractivity contribution < 1.29 is 29.7 Å². The molecule has 6 rings (SSSR count). The second-order valence-corrected chi connectivity index (χ2v) is 11.2. The molecule has 6 unspecified atom stereocenters. The molecule has 0 saturated carbocycles. The van der Waals surface area contributed by atoms with Crippen molar-refractivity contribution in [3.8, 4) is 0 Å². The molecule has 4 aromatic rings. The maximum absolute atomic E-state index is 12.8. The highest BCUT2D eigenvalue weighted by Crippen LogP contribution is 2.40. The van der Waals surface area contributed by atoms with E-state index in [1.54, 1.807) is 38.4 Å². The number of rotatable bonds is 6. The Morgan fingerprint density at radius 1 is 0.614 bits per heavy atom. The van der Waals surface area contributed by atoms with Crippen LogP contribution in [0.3, 0.4) is 0 Å². The van der Waals surface area contributed by atoms with E-state index in [0.717, 1.165) is 16.7 Å². The average Bonchev–Trinajstić information content (AvgIpc) is 3.44. The number of carbonyl (C=O) groups excluding carboxylic acids is 3. The van der Waals surface area contributed by atoms with E-state index in [2.05, 4.69) is 0 Å². The molecule has 44 heavy (non-hydrogen) atoms. The number of amides is 2. The Balaban J connectivity index is 0.000000175. The van der Waals surface area contributed by atoms with Crippen molar-refractivity contribution in [1.29, 1.82) is 0 Å². The zero-order valence-corrected chi connectivity index (χ0v) is 24.5. The lowest BCUT2D eigenvalue weighted by Gasteiger charge is -2.30. The Morgan fingerprint density at radius 3 is 1.55 bits per heavy atom. The summed E-state index contributed by atoms with van der Waals surface area (Å²) in [6.07, 6.45) is -3.17. The first-order chi connectivity index (χ1) is 21.2. The Hall–Kier alpha value is -4.63. The van der Waals surface area contributed by atoms with Crippen molar-refractivity contribution >= 4 is 17.6 Å². The largest absolute Gasteiger partial charge is 0.386 e. The van der Waals surface area contributed by atoms with Gasteiger partial charge in [0.1, 0.15) is 24.4 Å². The number of benzene rings is 4. The SMILES string of the molecule is CN1C(=O)C(O)C(c2ccccc2)C1C(O)c1ccccc1.CN1C(=O)[C@@H](O)C(c2ccccc2)C1C(=O)c1ccccc1. The third kappa shape index (κ3) is 5.92. The van der Waals surface area contributed by atoms with Crippen LogP contribution in [0.25, 0.3) is 0 Å². The molecule has 3 N–H and O–H groups in total. The van der Waals surface area contributed by atoms with Crippen molar-refractivity contribution in [3.05, 3.63) is 144 Å². The topological polar surface area (TPSA) is 118 Å². The predicted octanol–water partition coefficient (Wildman–Crippen LogP) is 3.56. The normalized spacial score (nSPS) is 25.4.